The lowest BCUT2D eigenvalue weighted by Gasteiger charge is -2.13. The molecule has 6 heteroatoms. The molecule has 26 heavy (non-hydrogen) atoms. The first-order valence-corrected chi connectivity index (χ1v) is 8.44. The molecule has 0 aromatic heterocycles. The van der Waals surface area contributed by atoms with E-state index in [-0.39, 0.29) is 17.9 Å². The van der Waals surface area contributed by atoms with Crippen LogP contribution in [0.15, 0.2) is 42.5 Å². The minimum absolute atomic E-state index is 0.195. The van der Waals surface area contributed by atoms with Crippen molar-refractivity contribution in [2.45, 2.75) is 27.2 Å². The van der Waals surface area contributed by atoms with Crippen molar-refractivity contribution < 1.29 is 19.1 Å². The predicted molar refractivity (Wildman–Crippen MR) is 100 cm³/mol. The van der Waals surface area contributed by atoms with Gasteiger partial charge >= 0.3 is 17.8 Å². The van der Waals surface area contributed by atoms with E-state index >= 15 is 0 Å². The molecule has 2 amide bonds. The van der Waals surface area contributed by atoms with Crippen LogP contribution in [-0.2, 0) is 20.7 Å². The molecule has 2 N–H and O–H groups in total. The number of hydrogen-bond donors (Lipinski definition) is 2. The summed E-state index contributed by atoms with van der Waals surface area (Å²) in [4.78, 5) is 36.6. The fourth-order valence-electron chi connectivity index (χ4n) is 2.53. The first-order chi connectivity index (χ1) is 12.5. The van der Waals surface area contributed by atoms with Gasteiger partial charge in [-0.15, -0.1) is 0 Å². The molecule has 0 bridgehead atoms. The first kappa shape index (κ1) is 19.2. The van der Waals surface area contributed by atoms with Gasteiger partial charge < -0.3 is 15.4 Å². The molecule has 0 radical (unpaired) electrons. The van der Waals surface area contributed by atoms with Crippen molar-refractivity contribution in [1.82, 2.24) is 0 Å². The van der Waals surface area contributed by atoms with E-state index in [1.165, 1.54) is 6.07 Å². The average molecular weight is 354 g/mol. The van der Waals surface area contributed by atoms with Crippen molar-refractivity contribution in [3.8, 4) is 0 Å². The lowest BCUT2D eigenvalue weighted by molar-refractivity contribution is -0.133. The Morgan fingerprint density at radius 3 is 2.31 bits per heavy atom. The van der Waals surface area contributed by atoms with Crippen LogP contribution in [0.5, 0.6) is 0 Å². The van der Waals surface area contributed by atoms with Gasteiger partial charge in [0.1, 0.15) is 0 Å². The number of esters is 1. The summed E-state index contributed by atoms with van der Waals surface area (Å²) in [5.41, 5.74) is 2.87. The molecule has 0 atom stereocenters. The Morgan fingerprint density at radius 1 is 0.923 bits per heavy atom. The number of nitrogens with one attached hydrogen (secondary N) is 2. The van der Waals surface area contributed by atoms with E-state index in [1.54, 1.807) is 25.1 Å². The molecular weight excluding hydrogens is 332 g/mol. The monoisotopic (exact) mass is 354 g/mol. The summed E-state index contributed by atoms with van der Waals surface area (Å²) in [5.74, 6) is -2.21. The van der Waals surface area contributed by atoms with E-state index in [2.05, 4.69) is 10.6 Å². The number of rotatable bonds is 5. The lowest BCUT2D eigenvalue weighted by atomic mass is 10.1. The van der Waals surface area contributed by atoms with Gasteiger partial charge in [-0.2, -0.15) is 0 Å². The van der Waals surface area contributed by atoms with Crippen molar-refractivity contribution in [3.63, 3.8) is 0 Å². The van der Waals surface area contributed by atoms with E-state index in [9.17, 15) is 14.4 Å². The zero-order valence-corrected chi connectivity index (χ0v) is 15.1. The number of para-hydroxylation sites is 2. The minimum atomic E-state index is -0.855. The largest absolute Gasteiger partial charge is 0.462 e. The Bertz CT molecular complexity index is 830. The van der Waals surface area contributed by atoms with E-state index in [1.807, 2.05) is 32.0 Å². The van der Waals surface area contributed by atoms with Crippen LogP contribution in [0.4, 0.5) is 11.4 Å². The molecule has 0 unspecified atom stereocenters. The van der Waals surface area contributed by atoms with E-state index in [0.29, 0.717) is 5.69 Å². The van der Waals surface area contributed by atoms with Gasteiger partial charge in [-0.05, 0) is 43.5 Å². The highest BCUT2D eigenvalue weighted by Crippen LogP contribution is 2.21. The molecule has 136 valence electrons. The van der Waals surface area contributed by atoms with Gasteiger partial charge in [0.2, 0.25) is 0 Å². The van der Waals surface area contributed by atoms with Crippen LogP contribution in [-0.4, -0.2) is 24.4 Å². The predicted octanol–water partition coefficient (Wildman–Crippen LogP) is 3.31. The molecule has 0 saturated carbocycles. The van der Waals surface area contributed by atoms with Gasteiger partial charge in [0.25, 0.3) is 0 Å². The van der Waals surface area contributed by atoms with E-state index in [4.69, 9.17) is 4.74 Å². The second-order valence-electron chi connectivity index (χ2n) is 5.64. The maximum Gasteiger partial charge on any atom is 0.340 e. The van der Waals surface area contributed by atoms with Gasteiger partial charge in [-0.3, -0.25) is 9.59 Å². The van der Waals surface area contributed by atoms with Crippen molar-refractivity contribution in [2.75, 3.05) is 17.2 Å². The second kappa shape index (κ2) is 8.80. The summed E-state index contributed by atoms with van der Waals surface area (Å²) in [6.45, 7) is 5.75. The van der Waals surface area contributed by atoms with Crippen LogP contribution in [0.2, 0.25) is 0 Å². The average Bonchev–Trinajstić information content (AvgIpc) is 2.63. The number of carbonyl (C=O) groups is 3. The summed E-state index contributed by atoms with van der Waals surface area (Å²) in [6, 6.07) is 12.1. The smallest absolute Gasteiger partial charge is 0.340 e. The van der Waals surface area contributed by atoms with E-state index in [0.717, 1.165) is 17.5 Å². The summed E-state index contributed by atoms with van der Waals surface area (Å²) in [7, 11) is 0. The molecule has 2 rings (SSSR count). The number of ether oxygens (including phenoxy) is 1. The molecule has 0 aliphatic rings. The Kier molecular flexibility index (Phi) is 6.49. The number of carbonyl (C=O) groups excluding carboxylic acids is 3. The zero-order chi connectivity index (χ0) is 19.1. The Hall–Kier alpha value is -3.15. The zero-order valence-electron chi connectivity index (χ0n) is 15.1. The SMILES string of the molecule is CCOC(=O)c1ccccc1NC(=O)C(=O)Nc1c(C)cccc1CC. The molecule has 0 fully saturated rings. The highest BCUT2D eigenvalue weighted by molar-refractivity contribution is 6.44. The molecule has 0 aliphatic heterocycles. The minimum Gasteiger partial charge on any atom is -0.462 e. The summed E-state index contributed by atoms with van der Waals surface area (Å²) in [5, 5.41) is 5.13. The fourth-order valence-corrected chi connectivity index (χ4v) is 2.53. The van der Waals surface area contributed by atoms with E-state index < -0.39 is 17.8 Å². The van der Waals surface area contributed by atoms with Crippen LogP contribution in [0.25, 0.3) is 0 Å². The topological polar surface area (TPSA) is 84.5 Å². The highest BCUT2D eigenvalue weighted by Gasteiger charge is 2.19. The Morgan fingerprint density at radius 2 is 1.62 bits per heavy atom. The number of anilines is 2. The molecule has 0 saturated heterocycles. The van der Waals surface area contributed by atoms with Crippen molar-refractivity contribution >= 4 is 29.2 Å². The maximum atomic E-state index is 12.3. The number of aryl methyl sites for hydroxylation is 2. The van der Waals surface area contributed by atoms with Gasteiger partial charge in [0.05, 0.1) is 17.9 Å². The van der Waals surface area contributed by atoms with Crippen LogP contribution >= 0.6 is 0 Å². The number of amides is 2. The normalized spacial score (nSPS) is 10.1. The standard InChI is InChI=1S/C20H22N2O4/c1-4-14-10-8-9-13(3)17(14)22-19(24)18(23)21-16-12-7-6-11-15(16)20(25)26-5-2/h6-12H,4-5H2,1-3H3,(H,21,23)(H,22,24). The summed E-state index contributed by atoms with van der Waals surface area (Å²) < 4.78 is 4.96. The molecular formula is C20H22N2O4. The molecule has 0 heterocycles. The Labute approximate surface area is 152 Å². The molecule has 6 nitrogen and oxygen atoms in total. The number of benzene rings is 2. The summed E-state index contributed by atoms with van der Waals surface area (Å²) in [6.07, 6.45) is 0.727. The molecule has 2 aromatic carbocycles. The number of hydrogen-bond acceptors (Lipinski definition) is 4. The molecule has 0 aliphatic carbocycles. The van der Waals surface area contributed by atoms with Crippen LogP contribution in [0, 0.1) is 6.92 Å². The maximum absolute atomic E-state index is 12.3. The van der Waals surface area contributed by atoms with Crippen LogP contribution in [0.3, 0.4) is 0 Å². The second-order valence-corrected chi connectivity index (χ2v) is 5.64. The third kappa shape index (κ3) is 4.47. The lowest BCUT2D eigenvalue weighted by Crippen LogP contribution is -2.30. The van der Waals surface area contributed by atoms with Gasteiger partial charge in [-0.25, -0.2) is 4.79 Å². The van der Waals surface area contributed by atoms with Crippen LogP contribution in [0.1, 0.15) is 35.3 Å². The third-order valence-corrected chi connectivity index (χ3v) is 3.86. The van der Waals surface area contributed by atoms with Crippen molar-refractivity contribution in [2.24, 2.45) is 0 Å². The summed E-state index contributed by atoms with van der Waals surface area (Å²) >= 11 is 0. The van der Waals surface area contributed by atoms with Crippen LogP contribution < -0.4 is 10.6 Å². The fraction of sp³-hybridized carbons (Fsp3) is 0.250. The quantitative estimate of drug-likeness (QED) is 0.637. The Balaban J connectivity index is 2.16. The first-order valence-electron chi connectivity index (χ1n) is 8.44. The van der Waals surface area contributed by atoms with Crippen molar-refractivity contribution in [1.29, 1.82) is 0 Å². The highest BCUT2D eigenvalue weighted by atomic mass is 16.5. The van der Waals surface area contributed by atoms with Gasteiger partial charge in [-0.1, -0.05) is 37.3 Å². The van der Waals surface area contributed by atoms with Crippen molar-refractivity contribution in [3.05, 3.63) is 59.2 Å². The molecule has 0 spiro atoms. The van der Waals surface area contributed by atoms with Gasteiger partial charge in [0, 0.05) is 5.69 Å². The third-order valence-electron chi connectivity index (χ3n) is 3.86. The molecule has 2 aromatic rings. The van der Waals surface area contributed by atoms with Gasteiger partial charge in [0.15, 0.2) is 0 Å².